The molecule has 1 heterocycles. The summed E-state index contributed by atoms with van der Waals surface area (Å²) in [5.41, 5.74) is 8.27. The fourth-order valence-corrected chi connectivity index (χ4v) is 3.65. The second kappa shape index (κ2) is 12.0. The van der Waals surface area contributed by atoms with Gasteiger partial charge in [0, 0.05) is 25.7 Å². The highest BCUT2D eigenvalue weighted by Crippen LogP contribution is 2.20. The molecule has 0 aromatic heterocycles. The molecule has 4 N–H and O–H groups in total. The molecule has 0 bridgehead atoms. The minimum absolute atomic E-state index is 0. The Morgan fingerprint density at radius 3 is 2.45 bits per heavy atom. The number of benzene rings is 1. The van der Waals surface area contributed by atoms with Crippen LogP contribution in [0.25, 0.3) is 0 Å². The van der Waals surface area contributed by atoms with Gasteiger partial charge in [-0.2, -0.15) is 0 Å². The second-order valence-electron chi connectivity index (χ2n) is 8.54. The van der Waals surface area contributed by atoms with Gasteiger partial charge in [-0.1, -0.05) is 43.7 Å². The molecule has 3 amide bonds. The summed E-state index contributed by atoms with van der Waals surface area (Å²) in [4.78, 5) is 27.4. The highest BCUT2D eigenvalue weighted by Gasteiger charge is 2.31. The molecule has 0 saturated carbocycles. The van der Waals surface area contributed by atoms with E-state index < -0.39 is 6.04 Å². The van der Waals surface area contributed by atoms with E-state index in [9.17, 15) is 9.59 Å². The number of urea groups is 1. The third-order valence-corrected chi connectivity index (χ3v) is 5.40. The van der Waals surface area contributed by atoms with Gasteiger partial charge in [-0.25, -0.2) is 4.79 Å². The Balaban J connectivity index is 0.00000420. The summed E-state index contributed by atoms with van der Waals surface area (Å²) in [6, 6.07) is 7.29. The van der Waals surface area contributed by atoms with Crippen molar-refractivity contribution >= 4 is 24.3 Å². The first-order valence-electron chi connectivity index (χ1n) is 10.4. The van der Waals surface area contributed by atoms with Crippen LogP contribution < -0.4 is 16.4 Å². The van der Waals surface area contributed by atoms with Gasteiger partial charge in [-0.05, 0) is 50.5 Å². The van der Waals surface area contributed by atoms with Crippen molar-refractivity contribution in [1.29, 1.82) is 0 Å². The quantitative estimate of drug-likeness (QED) is 0.628. The zero-order valence-corrected chi connectivity index (χ0v) is 18.9. The lowest BCUT2D eigenvalue weighted by Crippen LogP contribution is -2.54. The summed E-state index contributed by atoms with van der Waals surface area (Å²) >= 11 is 0. The van der Waals surface area contributed by atoms with Crippen molar-refractivity contribution in [2.24, 2.45) is 17.6 Å². The van der Waals surface area contributed by atoms with Gasteiger partial charge in [-0.3, -0.25) is 4.79 Å². The summed E-state index contributed by atoms with van der Waals surface area (Å²) < 4.78 is 0. The van der Waals surface area contributed by atoms with Crippen LogP contribution in [0.15, 0.2) is 24.3 Å². The van der Waals surface area contributed by atoms with E-state index in [4.69, 9.17) is 5.73 Å². The number of nitrogens with one attached hydrogen (secondary N) is 2. The molecule has 1 aliphatic rings. The summed E-state index contributed by atoms with van der Waals surface area (Å²) in [5.74, 6) is 0.637. The minimum Gasteiger partial charge on any atom is -0.341 e. The van der Waals surface area contributed by atoms with E-state index in [2.05, 4.69) is 24.5 Å². The lowest BCUT2D eigenvalue weighted by molar-refractivity contribution is -0.135. The smallest absolute Gasteiger partial charge is 0.315 e. The van der Waals surface area contributed by atoms with Crippen molar-refractivity contribution < 1.29 is 9.59 Å². The molecule has 7 heteroatoms. The molecule has 1 aliphatic heterocycles. The van der Waals surface area contributed by atoms with E-state index in [-0.39, 0.29) is 30.4 Å². The van der Waals surface area contributed by atoms with Gasteiger partial charge in [0.1, 0.15) is 6.04 Å². The predicted molar refractivity (Wildman–Crippen MR) is 120 cm³/mol. The van der Waals surface area contributed by atoms with Crippen molar-refractivity contribution in [1.82, 2.24) is 15.5 Å². The number of carbonyl (C=O) groups is 2. The standard InChI is InChI=1S/C22H36N4O2.ClH/c1-15(2)12-20(21(27)26-11-5-6-19(14-26)17(4)23)25-22(28)24-13-18-9-7-16(3)8-10-18;/h7-10,15,17,19-20H,5-6,11-14,23H2,1-4H3,(H2,24,25,28);1H. The number of hydrogen-bond acceptors (Lipinski definition) is 3. The third-order valence-electron chi connectivity index (χ3n) is 5.40. The molecule has 3 atom stereocenters. The number of nitrogens with two attached hydrogens (primary N) is 1. The molecule has 2 rings (SSSR count). The van der Waals surface area contributed by atoms with Crippen molar-refractivity contribution in [2.45, 2.75) is 65.6 Å². The summed E-state index contributed by atoms with van der Waals surface area (Å²) in [5, 5.41) is 5.76. The number of aryl methyl sites for hydroxylation is 1. The SMILES string of the molecule is Cc1ccc(CNC(=O)NC(CC(C)C)C(=O)N2CCCC(C(C)N)C2)cc1.Cl. The van der Waals surface area contributed by atoms with E-state index in [0.29, 0.717) is 31.3 Å². The maximum atomic E-state index is 13.1. The van der Waals surface area contributed by atoms with Gasteiger partial charge in [0.15, 0.2) is 0 Å². The molecular weight excluding hydrogens is 388 g/mol. The molecule has 3 unspecified atom stereocenters. The van der Waals surface area contributed by atoms with Gasteiger partial charge in [-0.15, -0.1) is 12.4 Å². The van der Waals surface area contributed by atoms with Crippen molar-refractivity contribution in [2.75, 3.05) is 13.1 Å². The molecule has 164 valence electrons. The fourth-order valence-electron chi connectivity index (χ4n) is 3.65. The maximum Gasteiger partial charge on any atom is 0.315 e. The largest absolute Gasteiger partial charge is 0.341 e. The van der Waals surface area contributed by atoms with E-state index in [0.717, 1.165) is 24.9 Å². The number of likely N-dealkylation sites (tertiary alicyclic amines) is 1. The Morgan fingerprint density at radius 1 is 1.21 bits per heavy atom. The summed E-state index contributed by atoms with van der Waals surface area (Å²) in [6.45, 7) is 10.0. The fraction of sp³-hybridized carbons (Fsp3) is 0.636. The number of rotatable bonds is 7. The van der Waals surface area contributed by atoms with Crippen LogP contribution in [0.5, 0.6) is 0 Å². The molecule has 29 heavy (non-hydrogen) atoms. The van der Waals surface area contributed by atoms with Gasteiger partial charge < -0.3 is 21.3 Å². The topological polar surface area (TPSA) is 87.5 Å². The molecular formula is C22H37ClN4O2. The lowest BCUT2D eigenvalue weighted by atomic mass is 9.91. The molecule has 1 fully saturated rings. The van der Waals surface area contributed by atoms with Crippen molar-refractivity contribution in [3.63, 3.8) is 0 Å². The van der Waals surface area contributed by atoms with E-state index in [1.165, 1.54) is 5.56 Å². The molecule has 0 radical (unpaired) electrons. The Bertz CT molecular complexity index is 649. The van der Waals surface area contributed by atoms with Crippen LogP contribution in [0.1, 0.15) is 51.2 Å². The number of amides is 3. The number of hydrogen-bond donors (Lipinski definition) is 3. The normalized spacial score (nSPS) is 18.6. The number of halogens is 1. The second-order valence-corrected chi connectivity index (χ2v) is 8.54. The molecule has 0 aliphatic carbocycles. The maximum absolute atomic E-state index is 13.1. The van der Waals surface area contributed by atoms with Crippen molar-refractivity contribution in [3.05, 3.63) is 35.4 Å². The van der Waals surface area contributed by atoms with Gasteiger partial charge >= 0.3 is 6.03 Å². The Morgan fingerprint density at radius 2 is 1.86 bits per heavy atom. The molecule has 1 aromatic carbocycles. The molecule has 1 aromatic rings. The zero-order chi connectivity index (χ0) is 20.7. The van der Waals surface area contributed by atoms with Crippen LogP contribution in [-0.4, -0.2) is 42.0 Å². The average Bonchev–Trinajstić information content (AvgIpc) is 2.66. The van der Waals surface area contributed by atoms with Gasteiger partial charge in [0.05, 0.1) is 0 Å². The monoisotopic (exact) mass is 424 g/mol. The average molecular weight is 425 g/mol. The van der Waals surface area contributed by atoms with Crippen LogP contribution in [-0.2, 0) is 11.3 Å². The number of carbonyl (C=O) groups excluding carboxylic acids is 2. The van der Waals surface area contributed by atoms with E-state index in [1.54, 1.807) is 0 Å². The van der Waals surface area contributed by atoms with Crippen molar-refractivity contribution in [3.8, 4) is 0 Å². The summed E-state index contributed by atoms with van der Waals surface area (Å²) in [6.07, 6.45) is 2.64. The van der Waals surface area contributed by atoms with Gasteiger partial charge in [0.25, 0.3) is 0 Å². The minimum atomic E-state index is -0.509. The van der Waals surface area contributed by atoms with Crippen LogP contribution in [0.4, 0.5) is 4.79 Å². The van der Waals surface area contributed by atoms with Crippen LogP contribution >= 0.6 is 12.4 Å². The number of nitrogens with zero attached hydrogens (tertiary/aromatic N) is 1. The third kappa shape index (κ3) is 8.23. The predicted octanol–water partition coefficient (Wildman–Crippen LogP) is 3.22. The first kappa shape index (κ1) is 25.2. The molecule has 6 nitrogen and oxygen atoms in total. The Kier molecular flexibility index (Phi) is 10.5. The Labute approximate surface area is 181 Å². The van der Waals surface area contributed by atoms with Crippen LogP contribution in [0.2, 0.25) is 0 Å². The highest BCUT2D eigenvalue weighted by molar-refractivity contribution is 5.87. The first-order valence-corrected chi connectivity index (χ1v) is 10.4. The Hall–Kier alpha value is -1.79. The molecule has 1 saturated heterocycles. The highest BCUT2D eigenvalue weighted by atomic mass is 35.5. The number of piperidine rings is 1. The lowest BCUT2D eigenvalue weighted by Gasteiger charge is -2.37. The zero-order valence-electron chi connectivity index (χ0n) is 18.1. The van der Waals surface area contributed by atoms with E-state index in [1.807, 2.05) is 43.0 Å². The summed E-state index contributed by atoms with van der Waals surface area (Å²) in [7, 11) is 0. The van der Waals surface area contributed by atoms with E-state index >= 15 is 0 Å². The van der Waals surface area contributed by atoms with Gasteiger partial charge in [0.2, 0.25) is 5.91 Å². The van der Waals surface area contributed by atoms with Crippen LogP contribution in [0, 0.1) is 18.8 Å². The molecule has 0 spiro atoms. The van der Waals surface area contributed by atoms with Crippen LogP contribution in [0.3, 0.4) is 0 Å². The first-order chi connectivity index (χ1) is 13.3.